The highest BCUT2D eigenvalue weighted by Gasteiger charge is 2.33. The minimum absolute atomic E-state index is 0.0115. The summed E-state index contributed by atoms with van der Waals surface area (Å²) in [6.45, 7) is 7.93. The molecule has 1 aliphatic heterocycles. The van der Waals surface area contributed by atoms with E-state index in [1.54, 1.807) is 41.3 Å². The van der Waals surface area contributed by atoms with E-state index >= 15 is 0 Å². The SMILES string of the molecule is [C-]#[N+]c1ccccc1COc1cc(Cl)ccc1[C@H]1CC(=O)N(c2ccc(S(N)(=O)=O)cc2)C1. The number of halogens is 1. The lowest BCUT2D eigenvalue weighted by Crippen LogP contribution is -2.24. The molecule has 4 rings (SSSR count). The first kappa shape index (κ1) is 22.8. The standard InChI is InChI=1S/C24H20ClN3O4S/c1-27-22-5-3-2-4-16(22)15-32-23-13-18(25)6-11-21(23)17-12-24(29)28(14-17)19-7-9-20(10-8-19)33(26,30)31/h2-11,13,17H,12,14-15H2,(H2,26,30,31)/t17-/m0/s1. The Morgan fingerprint density at radius 1 is 1.12 bits per heavy atom. The average Bonchev–Trinajstić information content (AvgIpc) is 3.18. The van der Waals surface area contributed by atoms with E-state index in [9.17, 15) is 13.2 Å². The number of carbonyl (C=O) groups excluding carboxylic acids is 1. The van der Waals surface area contributed by atoms with Gasteiger partial charge < -0.3 is 9.64 Å². The van der Waals surface area contributed by atoms with Crippen LogP contribution in [0.5, 0.6) is 5.75 Å². The lowest BCUT2D eigenvalue weighted by Gasteiger charge is -2.19. The van der Waals surface area contributed by atoms with Crippen LogP contribution < -0.4 is 14.8 Å². The molecule has 33 heavy (non-hydrogen) atoms. The van der Waals surface area contributed by atoms with E-state index in [-0.39, 0.29) is 29.7 Å². The molecule has 1 fully saturated rings. The van der Waals surface area contributed by atoms with E-state index in [2.05, 4.69) is 4.85 Å². The van der Waals surface area contributed by atoms with E-state index < -0.39 is 10.0 Å². The summed E-state index contributed by atoms with van der Waals surface area (Å²) < 4.78 is 29.0. The minimum atomic E-state index is -3.81. The van der Waals surface area contributed by atoms with Crippen LogP contribution in [0.4, 0.5) is 11.4 Å². The first-order valence-electron chi connectivity index (χ1n) is 10.1. The summed E-state index contributed by atoms with van der Waals surface area (Å²) in [7, 11) is -3.81. The van der Waals surface area contributed by atoms with E-state index in [1.165, 1.54) is 12.1 Å². The second-order valence-electron chi connectivity index (χ2n) is 7.66. The number of primary sulfonamides is 1. The van der Waals surface area contributed by atoms with Gasteiger partial charge >= 0.3 is 0 Å². The molecular weight excluding hydrogens is 462 g/mol. The zero-order valence-electron chi connectivity index (χ0n) is 17.4. The highest BCUT2D eigenvalue weighted by atomic mass is 35.5. The molecule has 1 aliphatic rings. The van der Waals surface area contributed by atoms with Gasteiger partial charge in [0, 0.05) is 29.6 Å². The summed E-state index contributed by atoms with van der Waals surface area (Å²) in [6.07, 6.45) is 0.271. The molecule has 0 spiro atoms. The molecular formula is C24H20ClN3O4S. The molecule has 1 amide bonds. The Morgan fingerprint density at radius 3 is 2.55 bits per heavy atom. The van der Waals surface area contributed by atoms with Crippen LogP contribution in [-0.4, -0.2) is 20.9 Å². The summed E-state index contributed by atoms with van der Waals surface area (Å²) in [5, 5.41) is 5.66. The Bertz CT molecular complexity index is 1350. The average molecular weight is 482 g/mol. The molecule has 168 valence electrons. The molecule has 0 bridgehead atoms. The van der Waals surface area contributed by atoms with Gasteiger partial charge in [0.1, 0.15) is 12.4 Å². The number of anilines is 1. The first-order valence-corrected chi connectivity index (χ1v) is 12.0. The van der Waals surface area contributed by atoms with Gasteiger partial charge in [0.15, 0.2) is 5.69 Å². The van der Waals surface area contributed by atoms with Crippen molar-refractivity contribution >= 4 is 38.9 Å². The van der Waals surface area contributed by atoms with Crippen LogP contribution in [0.1, 0.15) is 23.5 Å². The van der Waals surface area contributed by atoms with Crippen LogP contribution in [0.15, 0.2) is 71.6 Å². The van der Waals surface area contributed by atoms with Crippen LogP contribution in [0.25, 0.3) is 4.85 Å². The molecule has 0 radical (unpaired) electrons. The largest absolute Gasteiger partial charge is 0.490 e. The van der Waals surface area contributed by atoms with Gasteiger partial charge in [-0.2, -0.15) is 0 Å². The number of amides is 1. The molecule has 3 aromatic rings. The maximum Gasteiger partial charge on any atom is 0.238 e. The van der Waals surface area contributed by atoms with Crippen molar-refractivity contribution in [3.63, 3.8) is 0 Å². The molecule has 0 aliphatic carbocycles. The van der Waals surface area contributed by atoms with Gasteiger partial charge in [-0.15, -0.1) is 0 Å². The molecule has 2 N–H and O–H groups in total. The van der Waals surface area contributed by atoms with Crippen LogP contribution in [0, 0.1) is 6.57 Å². The fourth-order valence-electron chi connectivity index (χ4n) is 3.85. The van der Waals surface area contributed by atoms with E-state index in [0.717, 1.165) is 11.1 Å². The molecule has 7 nitrogen and oxygen atoms in total. The zero-order valence-corrected chi connectivity index (χ0v) is 19.0. The lowest BCUT2D eigenvalue weighted by molar-refractivity contribution is -0.117. The quantitative estimate of drug-likeness (QED) is 0.519. The fraction of sp³-hybridized carbons (Fsp3) is 0.167. The number of carbonyl (C=O) groups is 1. The molecule has 0 saturated carbocycles. The Balaban J connectivity index is 1.56. The van der Waals surface area contributed by atoms with Crippen molar-refractivity contribution in [3.8, 4) is 5.75 Å². The van der Waals surface area contributed by atoms with Crippen LogP contribution in [0.3, 0.4) is 0 Å². The van der Waals surface area contributed by atoms with Gasteiger partial charge in [-0.25, -0.2) is 18.4 Å². The van der Waals surface area contributed by atoms with Gasteiger partial charge in [0.2, 0.25) is 15.9 Å². The predicted molar refractivity (Wildman–Crippen MR) is 126 cm³/mol. The van der Waals surface area contributed by atoms with Crippen LogP contribution >= 0.6 is 11.6 Å². The van der Waals surface area contributed by atoms with Crippen molar-refractivity contribution in [2.75, 3.05) is 11.4 Å². The van der Waals surface area contributed by atoms with Crippen molar-refractivity contribution in [2.45, 2.75) is 23.8 Å². The predicted octanol–water partition coefficient (Wildman–Crippen LogP) is 4.64. The van der Waals surface area contributed by atoms with Gasteiger partial charge in [0.25, 0.3) is 0 Å². The topological polar surface area (TPSA) is 94.1 Å². The molecule has 0 aromatic heterocycles. The Morgan fingerprint density at radius 2 is 1.85 bits per heavy atom. The normalized spacial score (nSPS) is 16.0. The summed E-state index contributed by atoms with van der Waals surface area (Å²) in [6, 6.07) is 18.5. The third kappa shape index (κ3) is 5.01. The third-order valence-electron chi connectivity index (χ3n) is 5.51. The molecule has 1 saturated heterocycles. The number of hydrogen-bond acceptors (Lipinski definition) is 4. The summed E-state index contributed by atoms with van der Waals surface area (Å²) >= 11 is 6.20. The highest BCUT2D eigenvalue weighted by molar-refractivity contribution is 7.89. The third-order valence-corrected chi connectivity index (χ3v) is 6.68. The second-order valence-corrected chi connectivity index (χ2v) is 9.65. The van der Waals surface area contributed by atoms with Crippen LogP contribution in [-0.2, 0) is 21.4 Å². The van der Waals surface area contributed by atoms with Gasteiger partial charge in [-0.05, 0) is 47.5 Å². The number of benzene rings is 3. The summed E-state index contributed by atoms with van der Waals surface area (Å²) in [5.41, 5.74) is 2.72. The van der Waals surface area contributed by atoms with Gasteiger partial charge in [-0.1, -0.05) is 41.9 Å². The first-order chi connectivity index (χ1) is 15.8. The minimum Gasteiger partial charge on any atom is -0.490 e. The van der Waals surface area contributed by atoms with Gasteiger partial charge in [0.05, 0.1) is 11.5 Å². The fourth-order valence-corrected chi connectivity index (χ4v) is 4.53. The zero-order chi connectivity index (χ0) is 23.6. The number of para-hydroxylation sites is 1. The number of ether oxygens (including phenoxy) is 1. The van der Waals surface area contributed by atoms with E-state index in [4.69, 9.17) is 28.0 Å². The van der Waals surface area contributed by atoms with Gasteiger partial charge in [-0.3, -0.25) is 4.79 Å². The number of hydrogen-bond donors (Lipinski definition) is 1. The summed E-state index contributed by atoms with van der Waals surface area (Å²) in [5.74, 6) is 0.341. The number of rotatable bonds is 6. The maximum absolute atomic E-state index is 12.8. The smallest absolute Gasteiger partial charge is 0.238 e. The van der Waals surface area contributed by atoms with Crippen molar-refractivity contribution in [2.24, 2.45) is 5.14 Å². The highest BCUT2D eigenvalue weighted by Crippen LogP contribution is 2.38. The number of nitrogens with two attached hydrogens (primary N) is 1. The number of sulfonamides is 1. The van der Waals surface area contributed by atoms with Crippen molar-refractivity contribution < 1.29 is 17.9 Å². The number of nitrogens with zero attached hydrogens (tertiary/aromatic N) is 2. The Labute approximate surface area is 197 Å². The van der Waals surface area contributed by atoms with Crippen molar-refractivity contribution in [1.82, 2.24) is 0 Å². The Kier molecular flexibility index (Phi) is 6.38. The summed E-state index contributed by atoms with van der Waals surface area (Å²) in [4.78, 5) is 17.9. The monoisotopic (exact) mass is 481 g/mol. The molecule has 9 heteroatoms. The van der Waals surface area contributed by atoms with E-state index in [0.29, 0.717) is 28.7 Å². The molecule has 3 aromatic carbocycles. The second kappa shape index (κ2) is 9.24. The maximum atomic E-state index is 12.8. The lowest BCUT2D eigenvalue weighted by atomic mass is 9.97. The van der Waals surface area contributed by atoms with E-state index in [1.807, 2.05) is 18.2 Å². The van der Waals surface area contributed by atoms with Crippen molar-refractivity contribution in [3.05, 3.63) is 94.3 Å². The van der Waals surface area contributed by atoms with Crippen molar-refractivity contribution in [1.29, 1.82) is 0 Å². The van der Waals surface area contributed by atoms with Crippen LogP contribution in [0.2, 0.25) is 5.02 Å². The Hall–Kier alpha value is -3.38. The molecule has 1 atom stereocenters. The molecule has 1 heterocycles. The molecule has 0 unspecified atom stereocenters.